The van der Waals surface area contributed by atoms with E-state index in [4.69, 9.17) is 62.4 Å². The maximum absolute atomic E-state index is 12.3. The Morgan fingerprint density at radius 2 is 0.900 bits per heavy atom. The number of nitrogens with zero attached hydrogens (tertiary/aromatic N) is 9. The highest BCUT2D eigenvalue weighted by molar-refractivity contribution is 5.70. The van der Waals surface area contributed by atoms with Gasteiger partial charge in [0, 0.05) is 66.4 Å². The standard InChI is InChI=1S/C41H49N9O20/c1-19(51)59-17-32-34(63-21(3)53)36(65-23(5)55)38(67-25(7)57)40(69-32)49-13-28(44-47-49)15-61-30-9-27(12-43-46-42)10-31(11-30)62-16-29-14-50(48-45-29)41-39(68-26(8)58)37(66-24(6)56)35(64-22(4)54)33(70-41)18-60-20(2)52/h9-11,13-14,32-41H,12,15-18H2,1-8H3/t32-,33-,34-,35-,36+,37+,38-,39-,40+,41+/m1/s1. The van der Waals surface area contributed by atoms with Crippen molar-refractivity contribution < 1.29 is 95.2 Å². The van der Waals surface area contributed by atoms with Crippen LogP contribution in [0.1, 0.15) is 84.8 Å². The first-order valence-corrected chi connectivity index (χ1v) is 21.0. The minimum Gasteiger partial charge on any atom is -0.487 e. The third kappa shape index (κ3) is 15.0. The number of hydrogen-bond acceptors (Lipinski definition) is 25. The molecule has 29 nitrogen and oxygen atoms in total. The summed E-state index contributed by atoms with van der Waals surface area (Å²) in [5.41, 5.74) is 9.87. The summed E-state index contributed by atoms with van der Waals surface area (Å²) in [5, 5.41) is 20.1. The first kappa shape index (κ1) is 53.1. The number of aromatic nitrogens is 6. The normalized spacial score (nSPS) is 23.8. The molecule has 5 rings (SSSR count). The van der Waals surface area contributed by atoms with E-state index in [0.717, 1.165) is 64.8 Å². The van der Waals surface area contributed by atoms with Crippen LogP contribution in [-0.2, 0) is 105 Å². The number of carbonyl (C=O) groups is 8. The number of hydrogen-bond donors (Lipinski definition) is 0. The molecule has 29 heteroatoms. The van der Waals surface area contributed by atoms with Crippen molar-refractivity contribution in [3.63, 3.8) is 0 Å². The Kier molecular flexibility index (Phi) is 18.5. The van der Waals surface area contributed by atoms with Crippen molar-refractivity contribution in [2.75, 3.05) is 13.2 Å². The van der Waals surface area contributed by atoms with E-state index in [1.165, 1.54) is 18.5 Å². The molecule has 70 heavy (non-hydrogen) atoms. The van der Waals surface area contributed by atoms with Crippen LogP contribution in [0.3, 0.4) is 0 Å². The van der Waals surface area contributed by atoms with Gasteiger partial charge in [-0.05, 0) is 23.2 Å². The number of esters is 8. The Hall–Kier alpha value is -7.91. The Balaban J connectivity index is 1.37. The molecule has 0 amide bonds. The van der Waals surface area contributed by atoms with Gasteiger partial charge in [0.25, 0.3) is 0 Å². The molecule has 3 aromatic rings. The summed E-state index contributed by atoms with van der Waals surface area (Å²) < 4.78 is 69.8. The molecule has 0 spiro atoms. The molecule has 0 saturated carbocycles. The summed E-state index contributed by atoms with van der Waals surface area (Å²) in [6.07, 6.45) is -11.1. The van der Waals surface area contributed by atoms with Crippen LogP contribution in [0.25, 0.3) is 10.4 Å². The van der Waals surface area contributed by atoms with Crippen LogP contribution < -0.4 is 9.47 Å². The molecule has 0 unspecified atom stereocenters. The lowest BCUT2D eigenvalue weighted by atomic mass is 9.97. The summed E-state index contributed by atoms with van der Waals surface area (Å²) in [4.78, 5) is 99.8. The fraction of sp³-hybridized carbons (Fsp3) is 0.561. The molecule has 0 aliphatic carbocycles. The van der Waals surface area contributed by atoms with Gasteiger partial charge >= 0.3 is 47.8 Å². The average molecular weight is 988 g/mol. The van der Waals surface area contributed by atoms with Gasteiger partial charge in [-0.2, -0.15) is 0 Å². The zero-order chi connectivity index (χ0) is 51.2. The van der Waals surface area contributed by atoms with Gasteiger partial charge in [0.2, 0.25) is 0 Å². The van der Waals surface area contributed by atoms with Gasteiger partial charge in [-0.3, -0.25) is 38.4 Å². The molecule has 2 aromatic heterocycles. The summed E-state index contributed by atoms with van der Waals surface area (Å²) in [6.45, 7) is 7.30. The highest BCUT2D eigenvalue weighted by atomic mass is 16.7. The zero-order valence-electron chi connectivity index (χ0n) is 38.9. The predicted molar refractivity (Wildman–Crippen MR) is 222 cm³/mol. The molecular weight excluding hydrogens is 938 g/mol. The van der Waals surface area contributed by atoms with Gasteiger partial charge < -0.3 is 56.8 Å². The second kappa shape index (κ2) is 24.4. The van der Waals surface area contributed by atoms with Crippen molar-refractivity contribution in [3.8, 4) is 11.5 Å². The number of rotatable bonds is 20. The maximum Gasteiger partial charge on any atom is 0.303 e. The Bertz CT molecular complexity index is 2300. The highest BCUT2D eigenvalue weighted by Gasteiger charge is 2.55. The molecule has 0 N–H and O–H groups in total. The van der Waals surface area contributed by atoms with Crippen molar-refractivity contribution in [2.24, 2.45) is 5.11 Å². The van der Waals surface area contributed by atoms with Gasteiger partial charge in [0.1, 0.15) is 61.5 Å². The molecule has 10 atom stereocenters. The number of azide groups is 1. The molecule has 2 saturated heterocycles. The van der Waals surface area contributed by atoms with E-state index in [1.54, 1.807) is 12.1 Å². The fourth-order valence-corrected chi connectivity index (χ4v) is 7.16. The van der Waals surface area contributed by atoms with Crippen LogP contribution in [0, 0.1) is 0 Å². The molecule has 4 heterocycles. The zero-order valence-corrected chi connectivity index (χ0v) is 38.9. The van der Waals surface area contributed by atoms with Crippen LogP contribution in [0.2, 0.25) is 0 Å². The van der Waals surface area contributed by atoms with E-state index < -0.39 is 122 Å². The lowest BCUT2D eigenvalue weighted by Gasteiger charge is -2.44. The monoisotopic (exact) mass is 987 g/mol. The lowest BCUT2D eigenvalue weighted by Crippen LogP contribution is -2.60. The van der Waals surface area contributed by atoms with Crippen LogP contribution in [0.5, 0.6) is 11.5 Å². The number of benzene rings is 1. The van der Waals surface area contributed by atoms with Crippen molar-refractivity contribution in [1.29, 1.82) is 0 Å². The summed E-state index contributed by atoms with van der Waals surface area (Å²) in [5.74, 6) is -5.86. The lowest BCUT2D eigenvalue weighted by molar-refractivity contribution is -0.270. The average Bonchev–Trinajstić information content (AvgIpc) is 3.95. The highest BCUT2D eigenvalue weighted by Crippen LogP contribution is 2.36. The topological polar surface area (TPSA) is 357 Å². The van der Waals surface area contributed by atoms with E-state index in [-0.39, 0.29) is 42.6 Å². The molecule has 2 aliphatic rings. The Morgan fingerprint density at radius 3 is 1.24 bits per heavy atom. The molecule has 0 radical (unpaired) electrons. The second-order valence-corrected chi connectivity index (χ2v) is 15.3. The van der Waals surface area contributed by atoms with Gasteiger partial charge in [-0.15, -0.1) is 10.2 Å². The maximum atomic E-state index is 12.3. The van der Waals surface area contributed by atoms with Crippen molar-refractivity contribution in [1.82, 2.24) is 30.0 Å². The SMILES string of the molecule is CC(=O)OC[C@H]1O[C@H](n2cc(COc3cc(CN=[N+]=[N-])cc(OCc4cn([C@H]5O[C@H](COC(C)=O)[C@@H](OC(C)=O)[C@H](OC(C)=O)[C@H]5OC(C)=O)nn4)c3)nn2)[C@H](OC(C)=O)[C@@H](OC(C)=O)[C@@H]1OC(C)=O. The number of ether oxygens (including phenoxy) is 12. The van der Waals surface area contributed by atoms with E-state index in [9.17, 15) is 38.4 Å². The molecule has 0 bridgehead atoms. The third-order valence-electron chi connectivity index (χ3n) is 9.60. The minimum atomic E-state index is -1.46. The van der Waals surface area contributed by atoms with E-state index >= 15 is 0 Å². The van der Waals surface area contributed by atoms with Crippen LogP contribution in [-0.4, -0.2) is 140 Å². The smallest absolute Gasteiger partial charge is 0.303 e. The van der Waals surface area contributed by atoms with Gasteiger partial charge in [0.05, 0.1) is 18.9 Å². The summed E-state index contributed by atoms with van der Waals surface area (Å²) in [6, 6.07) is 4.62. The molecule has 1 aromatic carbocycles. The Morgan fingerprint density at radius 1 is 0.543 bits per heavy atom. The van der Waals surface area contributed by atoms with Gasteiger partial charge in [-0.25, -0.2) is 9.36 Å². The van der Waals surface area contributed by atoms with Gasteiger partial charge in [0.15, 0.2) is 49.1 Å². The van der Waals surface area contributed by atoms with Crippen LogP contribution in [0.4, 0.5) is 0 Å². The first-order valence-electron chi connectivity index (χ1n) is 21.0. The van der Waals surface area contributed by atoms with Crippen molar-refractivity contribution in [3.05, 3.63) is 58.0 Å². The quantitative estimate of drug-likeness (QED) is 0.0507. The van der Waals surface area contributed by atoms with E-state index in [1.807, 2.05) is 0 Å². The molecule has 378 valence electrons. The Labute approximate surface area is 396 Å². The first-order chi connectivity index (χ1) is 33.2. The molecule has 2 fully saturated rings. The fourth-order valence-electron chi connectivity index (χ4n) is 7.16. The van der Waals surface area contributed by atoms with Crippen LogP contribution >= 0.6 is 0 Å². The van der Waals surface area contributed by atoms with Gasteiger partial charge in [-0.1, -0.05) is 15.5 Å². The predicted octanol–water partition coefficient (Wildman–Crippen LogP) is 1.35. The second-order valence-electron chi connectivity index (χ2n) is 15.3. The molecular formula is C41H49N9O20. The van der Waals surface area contributed by atoms with E-state index in [0.29, 0.717) is 5.56 Å². The van der Waals surface area contributed by atoms with Crippen molar-refractivity contribution in [2.45, 2.75) is 136 Å². The third-order valence-corrected chi connectivity index (χ3v) is 9.60. The van der Waals surface area contributed by atoms with Crippen molar-refractivity contribution >= 4 is 47.8 Å². The largest absolute Gasteiger partial charge is 0.487 e. The minimum absolute atomic E-state index is 0.123. The molecule has 2 aliphatic heterocycles. The van der Waals surface area contributed by atoms with Crippen LogP contribution in [0.15, 0.2) is 35.7 Å². The summed E-state index contributed by atoms with van der Waals surface area (Å²) in [7, 11) is 0. The number of carbonyl (C=O) groups excluding carboxylic acids is 8. The summed E-state index contributed by atoms with van der Waals surface area (Å²) >= 11 is 0. The van der Waals surface area contributed by atoms with E-state index in [2.05, 4.69) is 30.7 Å².